The van der Waals surface area contributed by atoms with Gasteiger partial charge in [0.25, 0.3) is 5.91 Å². The maximum Gasteiger partial charge on any atom is 0.258 e. The molecule has 1 aromatic carbocycles. The van der Waals surface area contributed by atoms with Gasteiger partial charge in [-0.25, -0.2) is 0 Å². The molecule has 0 saturated carbocycles. The summed E-state index contributed by atoms with van der Waals surface area (Å²) in [6.07, 6.45) is 3.10. The first-order valence-electron chi connectivity index (χ1n) is 7.29. The normalized spacial score (nSPS) is 14.2. The monoisotopic (exact) mass is 290 g/mol. The standard InChI is InChI=1S/C16H22N2O3/c1-2-20-14-5-3-4-6-15(14)21-12-16(19)18-11-13-7-9-17-10-8-13/h3-7,17H,2,8-12H2,1H3,(H,18,19). The van der Waals surface area contributed by atoms with Crippen LogP contribution in [0.5, 0.6) is 11.5 Å². The zero-order chi connectivity index (χ0) is 14.9. The molecule has 1 aliphatic rings. The highest BCUT2D eigenvalue weighted by atomic mass is 16.5. The summed E-state index contributed by atoms with van der Waals surface area (Å²) < 4.78 is 11.0. The molecule has 1 amide bonds. The Morgan fingerprint density at radius 2 is 2.05 bits per heavy atom. The minimum Gasteiger partial charge on any atom is -0.490 e. The molecular formula is C16H22N2O3. The minimum atomic E-state index is -0.124. The molecule has 1 aromatic rings. The van der Waals surface area contributed by atoms with E-state index in [2.05, 4.69) is 16.7 Å². The summed E-state index contributed by atoms with van der Waals surface area (Å²) >= 11 is 0. The molecule has 0 aromatic heterocycles. The predicted octanol–water partition coefficient (Wildman–Crippen LogP) is 1.50. The lowest BCUT2D eigenvalue weighted by atomic mass is 10.1. The molecule has 0 aliphatic carbocycles. The van der Waals surface area contributed by atoms with Crippen molar-refractivity contribution < 1.29 is 14.3 Å². The van der Waals surface area contributed by atoms with Crippen LogP contribution in [0.4, 0.5) is 0 Å². The molecule has 2 rings (SSSR count). The Kier molecular flexibility index (Phi) is 6.09. The van der Waals surface area contributed by atoms with E-state index in [0.29, 0.717) is 24.7 Å². The fourth-order valence-electron chi connectivity index (χ4n) is 2.08. The fourth-order valence-corrected chi connectivity index (χ4v) is 2.08. The van der Waals surface area contributed by atoms with Crippen LogP contribution in [0.15, 0.2) is 35.9 Å². The van der Waals surface area contributed by atoms with Gasteiger partial charge >= 0.3 is 0 Å². The van der Waals surface area contributed by atoms with Crippen molar-refractivity contribution in [1.82, 2.24) is 10.6 Å². The highest BCUT2D eigenvalue weighted by molar-refractivity contribution is 5.77. The first-order valence-corrected chi connectivity index (χ1v) is 7.29. The molecule has 21 heavy (non-hydrogen) atoms. The van der Waals surface area contributed by atoms with E-state index in [-0.39, 0.29) is 12.5 Å². The van der Waals surface area contributed by atoms with Gasteiger partial charge in [-0.3, -0.25) is 4.79 Å². The number of carbonyl (C=O) groups excluding carboxylic acids is 1. The smallest absolute Gasteiger partial charge is 0.258 e. The van der Waals surface area contributed by atoms with Gasteiger partial charge in [-0.2, -0.15) is 0 Å². The molecule has 0 fully saturated rings. The van der Waals surface area contributed by atoms with Crippen LogP contribution in [0.3, 0.4) is 0 Å². The van der Waals surface area contributed by atoms with E-state index in [1.54, 1.807) is 6.07 Å². The third-order valence-electron chi connectivity index (χ3n) is 3.18. The number of amides is 1. The molecule has 0 atom stereocenters. The summed E-state index contributed by atoms with van der Waals surface area (Å²) in [5.41, 5.74) is 1.26. The lowest BCUT2D eigenvalue weighted by Crippen LogP contribution is -2.32. The van der Waals surface area contributed by atoms with E-state index in [0.717, 1.165) is 19.5 Å². The third-order valence-corrected chi connectivity index (χ3v) is 3.18. The topological polar surface area (TPSA) is 59.6 Å². The Hall–Kier alpha value is -2.01. The Bertz CT molecular complexity index is 500. The van der Waals surface area contributed by atoms with Gasteiger partial charge in [-0.05, 0) is 32.0 Å². The highest BCUT2D eigenvalue weighted by Gasteiger charge is 2.08. The maximum atomic E-state index is 11.8. The summed E-state index contributed by atoms with van der Waals surface area (Å²) in [5, 5.41) is 6.11. The highest BCUT2D eigenvalue weighted by Crippen LogP contribution is 2.26. The summed E-state index contributed by atoms with van der Waals surface area (Å²) in [6.45, 7) is 4.92. The van der Waals surface area contributed by atoms with Crippen molar-refractivity contribution in [3.63, 3.8) is 0 Å². The van der Waals surface area contributed by atoms with E-state index in [4.69, 9.17) is 9.47 Å². The summed E-state index contributed by atoms with van der Waals surface area (Å²) in [5.74, 6) is 1.13. The SMILES string of the molecule is CCOc1ccccc1OCC(=O)NCC1=CCNCC1. The van der Waals surface area contributed by atoms with Crippen LogP contribution in [0.25, 0.3) is 0 Å². The summed E-state index contributed by atoms with van der Waals surface area (Å²) in [4.78, 5) is 11.8. The number of para-hydroxylation sites is 2. The van der Waals surface area contributed by atoms with Gasteiger partial charge in [0.05, 0.1) is 6.61 Å². The van der Waals surface area contributed by atoms with Crippen LogP contribution in [0.2, 0.25) is 0 Å². The molecule has 5 heteroatoms. The lowest BCUT2D eigenvalue weighted by Gasteiger charge is -2.15. The fraction of sp³-hybridized carbons (Fsp3) is 0.438. The zero-order valence-electron chi connectivity index (χ0n) is 12.4. The number of ether oxygens (including phenoxy) is 2. The van der Waals surface area contributed by atoms with Gasteiger partial charge in [0, 0.05) is 13.1 Å². The van der Waals surface area contributed by atoms with Crippen molar-refractivity contribution in [3.05, 3.63) is 35.9 Å². The van der Waals surface area contributed by atoms with Crippen molar-refractivity contribution in [2.45, 2.75) is 13.3 Å². The number of hydrogen-bond donors (Lipinski definition) is 2. The van der Waals surface area contributed by atoms with E-state index >= 15 is 0 Å². The van der Waals surface area contributed by atoms with Crippen LogP contribution >= 0.6 is 0 Å². The minimum absolute atomic E-state index is 0.00435. The maximum absolute atomic E-state index is 11.8. The van der Waals surface area contributed by atoms with Crippen LogP contribution < -0.4 is 20.1 Å². The van der Waals surface area contributed by atoms with Crippen molar-refractivity contribution >= 4 is 5.91 Å². The molecule has 2 N–H and O–H groups in total. The molecule has 1 heterocycles. The Morgan fingerprint density at radius 1 is 1.29 bits per heavy atom. The Morgan fingerprint density at radius 3 is 2.71 bits per heavy atom. The summed E-state index contributed by atoms with van der Waals surface area (Å²) in [6, 6.07) is 7.36. The molecule has 0 radical (unpaired) electrons. The number of hydrogen-bond acceptors (Lipinski definition) is 4. The lowest BCUT2D eigenvalue weighted by molar-refractivity contribution is -0.122. The second-order valence-electron chi connectivity index (χ2n) is 4.76. The molecular weight excluding hydrogens is 268 g/mol. The van der Waals surface area contributed by atoms with Gasteiger partial charge in [0.2, 0.25) is 0 Å². The molecule has 0 spiro atoms. The van der Waals surface area contributed by atoms with Crippen LogP contribution in [-0.2, 0) is 4.79 Å². The third kappa shape index (κ3) is 5.11. The molecule has 5 nitrogen and oxygen atoms in total. The quantitative estimate of drug-likeness (QED) is 0.747. The number of nitrogens with one attached hydrogen (secondary N) is 2. The van der Waals surface area contributed by atoms with Gasteiger partial charge in [-0.1, -0.05) is 23.8 Å². The Labute approximate surface area is 125 Å². The number of benzene rings is 1. The number of carbonyl (C=O) groups is 1. The predicted molar refractivity (Wildman–Crippen MR) is 81.7 cm³/mol. The van der Waals surface area contributed by atoms with Crippen LogP contribution in [-0.4, -0.2) is 38.8 Å². The van der Waals surface area contributed by atoms with E-state index < -0.39 is 0 Å². The first kappa shape index (κ1) is 15.4. The van der Waals surface area contributed by atoms with Gasteiger partial charge in [0.15, 0.2) is 18.1 Å². The molecule has 0 bridgehead atoms. The second-order valence-corrected chi connectivity index (χ2v) is 4.76. The molecule has 0 saturated heterocycles. The molecule has 0 unspecified atom stereocenters. The van der Waals surface area contributed by atoms with E-state index in [9.17, 15) is 4.79 Å². The van der Waals surface area contributed by atoms with Gasteiger partial charge < -0.3 is 20.1 Å². The van der Waals surface area contributed by atoms with Crippen molar-refractivity contribution in [2.75, 3.05) is 32.8 Å². The Balaban J connectivity index is 1.77. The zero-order valence-corrected chi connectivity index (χ0v) is 12.4. The van der Waals surface area contributed by atoms with Crippen LogP contribution in [0, 0.1) is 0 Å². The van der Waals surface area contributed by atoms with Gasteiger partial charge in [-0.15, -0.1) is 0 Å². The average molecular weight is 290 g/mol. The van der Waals surface area contributed by atoms with Crippen LogP contribution in [0.1, 0.15) is 13.3 Å². The largest absolute Gasteiger partial charge is 0.490 e. The van der Waals surface area contributed by atoms with E-state index in [1.165, 1.54) is 5.57 Å². The van der Waals surface area contributed by atoms with Crippen molar-refractivity contribution in [1.29, 1.82) is 0 Å². The molecule has 114 valence electrons. The van der Waals surface area contributed by atoms with Crippen molar-refractivity contribution in [2.24, 2.45) is 0 Å². The molecule has 1 aliphatic heterocycles. The number of rotatable bonds is 7. The summed E-state index contributed by atoms with van der Waals surface area (Å²) in [7, 11) is 0. The second kappa shape index (κ2) is 8.32. The van der Waals surface area contributed by atoms with Gasteiger partial charge in [0.1, 0.15) is 0 Å². The first-order chi connectivity index (χ1) is 10.3. The van der Waals surface area contributed by atoms with E-state index in [1.807, 2.05) is 25.1 Å². The average Bonchev–Trinajstić information content (AvgIpc) is 2.53. The van der Waals surface area contributed by atoms with Crippen molar-refractivity contribution in [3.8, 4) is 11.5 Å².